The molecule has 0 aromatic rings. The molecule has 0 saturated heterocycles. The van der Waals surface area contributed by atoms with Crippen LogP contribution in [0.3, 0.4) is 0 Å². The van der Waals surface area contributed by atoms with Crippen molar-refractivity contribution in [2.45, 2.75) is 106 Å². The van der Waals surface area contributed by atoms with Gasteiger partial charge in [0.05, 0.1) is 5.41 Å². The van der Waals surface area contributed by atoms with Gasteiger partial charge >= 0.3 is 0 Å². The number of hydrogen-bond donors (Lipinski definition) is 1. The Hall–Kier alpha value is -1.81. The van der Waals surface area contributed by atoms with Gasteiger partial charge in [-0.05, 0) is 116 Å². The molecule has 0 aromatic carbocycles. The largest absolute Gasteiger partial charge is 0.355 e. The number of hydrogen-bond acceptors (Lipinski definition) is 3. The lowest BCUT2D eigenvalue weighted by Gasteiger charge is -2.72. The maximum atomic E-state index is 13.9. The number of carbonyl (C=O) groups is 2. The SMILES string of the molecule is C=C(C)[C@@H]1CC[C@]2(C(=O)NCCN=[N+]=[N-])CC[C@]3(C)[C@H](CC[C@@H]4[C@@]5(C)CCC(=O)C(C)(C)[C@@H]5CC[C@]43C)[C@@H]12. The van der Waals surface area contributed by atoms with Gasteiger partial charge in [0.1, 0.15) is 5.78 Å². The molecule has 0 aliphatic heterocycles. The Morgan fingerprint density at radius 3 is 2.42 bits per heavy atom. The number of allylic oxidation sites excluding steroid dienone is 1. The molecular formula is C32H50N4O2. The number of carbonyl (C=O) groups excluding carboxylic acids is 2. The zero-order valence-electron chi connectivity index (χ0n) is 24.7. The van der Waals surface area contributed by atoms with E-state index in [-0.39, 0.29) is 33.0 Å². The lowest BCUT2D eigenvalue weighted by atomic mass is 9.32. The van der Waals surface area contributed by atoms with Crippen molar-refractivity contribution in [3.63, 3.8) is 0 Å². The van der Waals surface area contributed by atoms with Crippen molar-refractivity contribution < 1.29 is 9.59 Å². The Balaban J connectivity index is 1.50. The first-order chi connectivity index (χ1) is 17.8. The highest BCUT2D eigenvalue weighted by molar-refractivity contribution is 5.85. The Kier molecular flexibility index (Phi) is 6.65. The van der Waals surface area contributed by atoms with Crippen LogP contribution in [0.1, 0.15) is 106 Å². The van der Waals surface area contributed by atoms with Crippen molar-refractivity contribution >= 4 is 11.7 Å². The molecule has 38 heavy (non-hydrogen) atoms. The molecule has 0 radical (unpaired) electrons. The van der Waals surface area contributed by atoms with Gasteiger partial charge in [-0.2, -0.15) is 0 Å². The quantitative estimate of drug-likeness (QED) is 0.132. The van der Waals surface area contributed by atoms with Crippen LogP contribution in [-0.4, -0.2) is 24.8 Å². The Bertz CT molecular complexity index is 1080. The van der Waals surface area contributed by atoms with Crippen LogP contribution >= 0.6 is 0 Å². The molecule has 0 aromatic heterocycles. The molecule has 1 N–H and O–H groups in total. The van der Waals surface area contributed by atoms with Gasteiger partial charge in [0.2, 0.25) is 5.91 Å². The molecule has 0 bridgehead atoms. The van der Waals surface area contributed by atoms with Crippen LogP contribution in [0.4, 0.5) is 0 Å². The molecular weight excluding hydrogens is 472 g/mol. The average molecular weight is 523 g/mol. The smallest absolute Gasteiger partial charge is 0.226 e. The van der Waals surface area contributed by atoms with Crippen molar-refractivity contribution in [3.05, 3.63) is 22.6 Å². The lowest BCUT2D eigenvalue weighted by molar-refractivity contribution is -0.233. The van der Waals surface area contributed by atoms with E-state index in [9.17, 15) is 9.59 Å². The Morgan fingerprint density at radius 2 is 1.74 bits per heavy atom. The minimum atomic E-state index is -0.340. The topological polar surface area (TPSA) is 94.9 Å². The van der Waals surface area contributed by atoms with Gasteiger partial charge in [-0.3, -0.25) is 9.59 Å². The van der Waals surface area contributed by atoms with Crippen LogP contribution in [0.15, 0.2) is 17.3 Å². The van der Waals surface area contributed by atoms with Crippen molar-refractivity contribution in [3.8, 4) is 0 Å². The Morgan fingerprint density at radius 1 is 1.00 bits per heavy atom. The van der Waals surface area contributed by atoms with Crippen LogP contribution in [0, 0.1) is 56.7 Å². The molecule has 210 valence electrons. The van der Waals surface area contributed by atoms with E-state index >= 15 is 0 Å². The molecule has 5 aliphatic carbocycles. The van der Waals surface area contributed by atoms with E-state index in [0.29, 0.717) is 48.5 Å². The van der Waals surface area contributed by atoms with Gasteiger partial charge < -0.3 is 5.32 Å². The summed E-state index contributed by atoms with van der Waals surface area (Å²) in [5, 5.41) is 6.80. The number of amides is 1. The standard InChI is InChI=1S/C32H50N4O2/c1-20(2)21-10-15-32(27(38)34-18-19-35-36-33)17-16-30(6)22(26(21)32)8-9-24-29(5)13-12-25(37)28(3,4)23(29)11-14-31(24,30)7/h21-24,26H,1,8-19H2,2-7H3,(H,34,38)/t21-,22+,23-,24+,26+,29-,30+,31+,32-/m0/s1. The van der Waals surface area contributed by atoms with Gasteiger partial charge in [0.15, 0.2) is 0 Å². The van der Waals surface area contributed by atoms with E-state index in [1.807, 2.05) is 0 Å². The zero-order chi connectivity index (χ0) is 27.7. The number of nitrogens with zero attached hydrogens (tertiary/aromatic N) is 3. The van der Waals surface area contributed by atoms with Crippen molar-refractivity contribution in [1.29, 1.82) is 0 Å². The summed E-state index contributed by atoms with van der Waals surface area (Å²) >= 11 is 0. The normalized spacial score (nSPS) is 47.0. The first-order valence-corrected chi connectivity index (χ1v) is 15.3. The third-order valence-corrected chi connectivity index (χ3v) is 13.8. The van der Waals surface area contributed by atoms with Crippen LogP contribution in [0.2, 0.25) is 0 Å². The predicted octanol–water partition coefficient (Wildman–Crippen LogP) is 7.64. The highest BCUT2D eigenvalue weighted by Gasteiger charge is 2.71. The molecule has 9 atom stereocenters. The fourth-order valence-electron chi connectivity index (χ4n) is 11.8. The summed E-state index contributed by atoms with van der Waals surface area (Å²) in [5.41, 5.74) is 9.91. The molecule has 5 fully saturated rings. The first-order valence-electron chi connectivity index (χ1n) is 15.3. The second-order valence-corrected chi connectivity index (χ2v) is 15.2. The number of rotatable bonds is 5. The minimum Gasteiger partial charge on any atom is -0.355 e. The molecule has 0 heterocycles. The summed E-state index contributed by atoms with van der Waals surface area (Å²) in [6, 6.07) is 0. The van der Waals surface area contributed by atoms with Crippen molar-refractivity contribution in [2.75, 3.05) is 13.1 Å². The average Bonchev–Trinajstić information content (AvgIpc) is 3.26. The molecule has 5 saturated carbocycles. The molecule has 0 unspecified atom stereocenters. The molecule has 6 heteroatoms. The number of ketones is 1. The number of azide groups is 1. The maximum Gasteiger partial charge on any atom is 0.226 e. The minimum absolute atomic E-state index is 0.174. The van der Waals surface area contributed by atoms with Gasteiger partial charge in [0.25, 0.3) is 0 Å². The fraction of sp³-hybridized carbons (Fsp3) is 0.875. The zero-order valence-corrected chi connectivity index (χ0v) is 24.7. The number of Topliss-reactive ketones (excluding diaryl/α,β-unsaturated/α-hetero) is 1. The van der Waals surface area contributed by atoms with E-state index in [0.717, 1.165) is 44.9 Å². The van der Waals surface area contributed by atoms with E-state index < -0.39 is 0 Å². The number of nitrogens with one attached hydrogen (secondary N) is 1. The van der Waals surface area contributed by atoms with Gasteiger partial charge in [-0.15, -0.1) is 0 Å². The molecule has 5 aliphatic rings. The van der Waals surface area contributed by atoms with Crippen LogP contribution in [0.25, 0.3) is 10.4 Å². The summed E-state index contributed by atoms with van der Waals surface area (Å²) in [6.07, 6.45) is 10.5. The second-order valence-electron chi connectivity index (χ2n) is 15.2. The molecule has 5 rings (SSSR count). The van der Waals surface area contributed by atoms with Gasteiger partial charge in [-0.25, -0.2) is 0 Å². The summed E-state index contributed by atoms with van der Waals surface area (Å²) in [6.45, 7) is 19.5. The van der Waals surface area contributed by atoms with Crippen LogP contribution < -0.4 is 5.32 Å². The van der Waals surface area contributed by atoms with Crippen LogP contribution in [0.5, 0.6) is 0 Å². The molecule has 1 amide bonds. The summed E-state index contributed by atoms with van der Waals surface area (Å²) in [5.74, 6) is 2.95. The fourth-order valence-corrected chi connectivity index (χ4v) is 11.8. The van der Waals surface area contributed by atoms with Crippen molar-refractivity contribution in [1.82, 2.24) is 5.32 Å². The third kappa shape index (κ3) is 3.54. The van der Waals surface area contributed by atoms with E-state index in [2.05, 4.69) is 63.5 Å². The van der Waals surface area contributed by atoms with Gasteiger partial charge in [-0.1, -0.05) is 51.9 Å². The summed E-state index contributed by atoms with van der Waals surface area (Å²) in [7, 11) is 0. The maximum absolute atomic E-state index is 13.9. The highest BCUT2D eigenvalue weighted by atomic mass is 16.2. The first kappa shape index (κ1) is 27.7. The van der Waals surface area contributed by atoms with E-state index in [1.165, 1.54) is 24.8 Å². The second kappa shape index (κ2) is 9.11. The van der Waals surface area contributed by atoms with Gasteiger partial charge in [0, 0.05) is 29.8 Å². The van der Waals surface area contributed by atoms with E-state index in [4.69, 9.17) is 5.53 Å². The third-order valence-electron chi connectivity index (χ3n) is 13.8. The lowest BCUT2D eigenvalue weighted by Crippen LogP contribution is -2.67. The summed E-state index contributed by atoms with van der Waals surface area (Å²) in [4.78, 5) is 29.8. The Labute approximate surface area is 229 Å². The highest BCUT2D eigenvalue weighted by Crippen LogP contribution is 2.77. The molecule has 6 nitrogen and oxygen atoms in total. The van der Waals surface area contributed by atoms with Crippen LogP contribution in [-0.2, 0) is 9.59 Å². The monoisotopic (exact) mass is 522 g/mol. The number of fused-ring (bicyclic) bond motifs is 7. The van der Waals surface area contributed by atoms with E-state index in [1.54, 1.807) is 0 Å². The summed E-state index contributed by atoms with van der Waals surface area (Å²) < 4.78 is 0. The molecule has 0 spiro atoms. The predicted molar refractivity (Wildman–Crippen MR) is 151 cm³/mol. The van der Waals surface area contributed by atoms with Crippen molar-refractivity contribution in [2.24, 2.45) is 61.8 Å².